The summed E-state index contributed by atoms with van der Waals surface area (Å²) in [6, 6.07) is 1.71. The number of amides is 1. The zero-order chi connectivity index (χ0) is 12.1. The number of rotatable bonds is 5. The second-order valence-corrected chi connectivity index (χ2v) is 5.57. The molecule has 0 aliphatic rings. The maximum absolute atomic E-state index is 11.7. The summed E-state index contributed by atoms with van der Waals surface area (Å²) in [5.74, 6) is 0.547. The van der Waals surface area contributed by atoms with Crippen molar-refractivity contribution < 1.29 is 4.79 Å². The number of alkyl halides is 1. The largest absolute Gasteiger partial charge is 0.350 e. The number of nitrogens with one attached hydrogen (secondary N) is 1. The molecule has 1 aromatic rings. The number of nitrogens with zero attached hydrogens (tertiary/aromatic N) is 2. The first-order valence-corrected chi connectivity index (χ1v) is 6.32. The molecule has 0 aliphatic heterocycles. The van der Waals surface area contributed by atoms with Crippen molar-refractivity contribution in [1.29, 1.82) is 0 Å². The predicted molar refractivity (Wildman–Crippen MR) is 67.7 cm³/mol. The lowest BCUT2D eigenvalue weighted by Crippen LogP contribution is -2.31. The van der Waals surface area contributed by atoms with Crippen molar-refractivity contribution in [3.63, 3.8) is 0 Å². The van der Waals surface area contributed by atoms with Gasteiger partial charge in [0.1, 0.15) is 5.69 Å². The molecule has 0 spiro atoms. The van der Waals surface area contributed by atoms with E-state index in [4.69, 9.17) is 0 Å². The molecule has 0 fully saturated rings. The Morgan fingerprint density at radius 2 is 2.31 bits per heavy atom. The Labute approximate surface area is 105 Å². The molecule has 1 aromatic heterocycles. The van der Waals surface area contributed by atoms with Crippen LogP contribution in [0.25, 0.3) is 0 Å². The minimum Gasteiger partial charge on any atom is -0.350 e. The third-order valence-corrected chi connectivity index (χ3v) is 2.96. The second kappa shape index (κ2) is 6.03. The van der Waals surface area contributed by atoms with Gasteiger partial charge in [0.25, 0.3) is 5.91 Å². The van der Waals surface area contributed by atoms with Crippen molar-refractivity contribution in [3.05, 3.63) is 18.0 Å². The van der Waals surface area contributed by atoms with E-state index in [9.17, 15) is 4.79 Å². The van der Waals surface area contributed by atoms with Gasteiger partial charge in [-0.25, -0.2) is 0 Å². The van der Waals surface area contributed by atoms with Crippen molar-refractivity contribution in [3.8, 4) is 0 Å². The SMILES string of the molecule is CC(C)CC(Br)CNC(=O)c1ccnn1C. The highest BCUT2D eigenvalue weighted by Crippen LogP contribution is 2.11. The first-order valence-electron chi connectivity index (χ1n) is 5.41. The van der Waals surface area contributed by atoms with Crippen LogP contribution in [0.1, 0.15) is 30.8 Å². The van der Waals surface area contributed by atoms with Crippen LogP contribution >= 0.6 is 15.9 Å². The molecule has 0 bridgehead atoms. The quantitative estimate of drug-likeness (QED) is 0.842. The van der Waals surface area contributed by atoms with Crippen LogP contribution in [0.15, 0.2) is 12.3 Å². The van der Waals surface area contributed by atoms with Crippen molar-refractivity contribution in [2.75, 3.05) is 6.54 Å². The van der Waals surface area contributed by atoms with Crippen molar-refractivity contribution in [2.24, 2.45) is 13.0 Å². The van der Waals surface area contributed by atoms with Gasteiger partial charge in [0, 0.05) is 24.6 Å². The molecule has 0 saturated heterocycles. The number of aryl methyl sites for hydroxylation is 1. The monoisotopic (exact) mass is 287 g/mol. The Kier molecular flexibility index (Phi) is 4.99. The summed E-state index contributed by atoms with van der Waals surface area (Å²) in [5, 5.41) is 6.84. The number of carbonyl (C=O) groups excluding carboxylic acids is 1. The Morgan fingerprint density at radius 1 is 1.62 bits per heavy atom. The van der Waals surface area contributed by atoms with E-state index in [-0.39, 0.29) is 5.91 Å². The van der Waals surface area contributed by atoms with Gasteiger partial charge in [0.15, 0.2) is 0 Å². The summed E-state index contributed by atoms with van der Waals surface area (Å²) >= 11 is 3.55. The van der Waals surface area contributed by atoms with Gasteiger partial charge in [-0.2, -0.15) is 5.10 Å². The first-order chi connectivity index (χ1) is 7.50. The van der Waals surface area contributed by atoms with E-state index in [1.807, 2.05) is 0 Å². The third kappa shape index (κ3) is 3.96. The van der Waals surface area contributed by atoms with Crippen molar-refractivity contribution in [2.45, 2.75) is 25.1 Å². The van der Waals surface area contributed by atoms with Crippen LogP contribution in [-0.4, -0.2) is 27.1 Å². The van der Waals surface area contributed by atoms with E-state index in [1.54, 1.807) is 24.0 Å². The zero-order valence-corrected chi connectivity index (χ0v) is 11.5. The summed E-state index contributed by atoms with van der Waals surface area (Å²) in [7, 11) is 1.76. The van der Waals surface area contributed by atoms with E-state index in [0.717, 1.165) is 6.42 Å². The highest BCUT2D eigenvalue weighted by molar-refractivity contribution is 9.09. The second-order valence-electron chi connectivity index (χ2n) is 4.28. The highest BCUT2D eigenvalue weighted by atomic mass is 79.9. The summed E-state index contributed by atoms with van der Waals surface area (Å²) in [4.78, 5) is 12.0. The van der Waals surface area contributed by atoms with Gasteiger partial charge in [-0.1, -0.05) is 29.8 Å². The maximum Gasteiger partial charge on any atom is 0.269 e. The van der Waals surface area contributed by atoms with E-state index in [1.165, 1.54) is 0 Å². The summed E-state index contributed by atoms with van der Waals surface area (Å²) in [6.07, 6.45) is 2.67. The number of hydrogen-bond acceptors (Lipinski definition) is 2. The average Bonchev–Trinajstić information content (AvgIpc) is 2.60. The topological polar surface area (TPSA) is 46.9 Å². The standard InChI is InChI=1S/C11H18BrN3O/c1-8(2)6-9(12)7-13-11(16)10-4-5-14-15(10)3/h4-5,8-9H,6-7H2,1-3H3,(H,13,16). The highest BCUT2D eigenvalue weighted by Gasteiger charge is 2.12. The van der Waals surface area contributed by atoms with E-state index in [2.05, 4.69) is 40.2 Å². The van der Waals surface area contributed by atoms with Crippen LogP contribution in [-0.2, 0) is 7.05 Å². The summed E-state index contributed by atoms with van der Waals surface area (Å²) < 4.78 is 1.57. The lowest BCUT2D eigenvalue weighted by Gasteiger charge is -2.13. The molecule has 1 amide bonds. The molecule has 90 valence electrons. The lowest BCUT2D eigenvalue weighted by atomic mass is 10.1. The first kappa shape index (κ1) is 13.2. The van der Waals surface area contributed by atoms with Crippen molar-refractivity contribution >= 4 is 21.8 Å². The molecule has 4 nitrogen and oxygen atoms in total. The van der Waals surface area contributed by atoms with Crippen molar-refractivity contribution in [1.82, 2.24) is 15.1 Å². The van der Waals surface area contributed by atoms with Crippen LogP contribution in [0.2, 0.25) is 0 Å². The van der Waals surface area contributed by atoms with E-state index in [0.29, 0.717) is 23.0 Å². The Hall–Kier alpha value is -0.840. The molecule has 0 aliphatic carbocycles. The van der Waals surface area contributed by atoms with Gasteiger partial charge >= 0.3 is 0 Å². The smallest absolute Gasteiger partial charge is 0.269 e. The number of carbonyl (C=O) groups is 1. The van der Waals surface area contributed by atoms with Gasteiger partial charge in [0.2, 0.25) is 0 Å². The molecule has 5 heteroatoms. The Bertz CT molecular complexity index is 349. The van der Waals surface area contributed by atoms with E-state index < -0.39 is 0 Å². The molecule has 1 N–H and O–H groups in total. The van der Waals surface area contributed by atoms with Gasteiger partial charge in [-0.05, 0) is 18.4 Å². The van der Waals surface area contributed by atoms with E-state index >= 15 is 0 Å². The van der Waals surface area contributed by atoms with Crippen LogP contribution in [0.4, 0.5) is 0 Å². The molecule has 0 radical (unpaired) electrons. The van der Waals surface area contributed by atoms with Gasteiger partial charge in [-0.3, -0.25) is 9.48 Å². The fourth-order valence-electron chi connectivity index (χ4n) is 1.49. The molecule has 16 heavy (non-hydrogen) atoms. The van der Waals surface area contributed by atoms with Gasteiger partial charge < -0.3 is 5.32 Å². The molecule has 0 saturated carbocycles. The molecule has 0 aromatic carbocycles. The van der Waals surface area contributed by atoms with Crippen LogP contribution in [0.5, 0.6) is 0 Å². The Balaban J connectivity index is 2.39. The molecule has 1 rings (SSSR count). The van der Waals surface area contributed by atoms with Gasteiger partial charge in [-0.15, -0.1) is 0 Å². The van der Waals surface area contributed by atoms with Gasteiger partial charge in [0.05, 0.1) is 0 Å². The fourth-order valence-corrected chi connectivity index (χ4v) is 2.40. The minimum absolute atomic E-state index is 0.0757. The fraction of sp³-hybridized carbons (Fsp3) is 0.636. The minimum atomic E-state index is -0.0757. The maximum atomic E-state index is 11.7. The van der Waals surface area contributed by atoms with Crippen LogP contribution in [0, 0.1) is 5.92 Å². The zero-order valence-electron chi connectivity index (χ0n) is 9.90. The molecular weight excluding hydrogens is 270 g/mol. The molecule has 1 unspecified atom stereocenters. The summed E-state index contributed by atoms with van der Waals surface area (Å²) in [5.41, 5.74) is 0.587. The van der Waals surface area contributed by atoms with Crippen LogP contribution in [0.3, 0.4) is 0 Å². The lowest BCUT2D eigenvalue weighted by molar-refractivity contribution is 0.0944. The number of halogens is 1. The molecular formula is C11H18BrN3O. The normalized spacial score (nSPS) is 12.8. The number of hydrogen-bond donors (Lipinski definition) is 1. The number of aromatic nitrogens is 2. The summed E-state index contributed by atoms with van der Waals surface area (Å²) in [6.45, 7) is 4.97. The predicted octanol–water partition coefficient (Wildman–Crippen LogP) is 1.96. The Morgan fingerprint density at radius 3 is 2.81 bits per heavy atom. The molecule has 1 atom stereocenters. The average molecular weight is 288 g/mol. The molecule has 1 heterocycles. The van der Waals surface area contributed by atoms with Crippen LogP contribution < -0.4 is 5.32 Å². The third-order valence-electron chi connectivity index (χ3n) is 2.26.